The molecule has 5 heteroatoms. The van der Waals surface area contributed by atoms with Crippen LogP contribution in [0.1, 0.15) is 149 Å². The maximum atomic E-state index is 11.7. The second-order valence-corrected chi connectivity index (χ2v) is 9.17. The SMILES string of the molecule is CCCCCCCCCCCCC(CCCCCCCCCCC)(C(=O)[O-])C(=O)[O-].[Mg+2]. The van der Waals surface area contributed by atoms with Crippen LogP contribution < -0.4 is 10.2 Å². The van der Waals surface area contributed by atoms with Gasteiger partial charge in [-0.25, -0.2) is 0 Å². The predicted molar refractivity (Wildman–Crippen MR) is 127 cm³/mol. The molecule has 0 spiro atoms. The predicted octanol–water partition coefficient (Wildman–Crippen LogP) is 5.32. The van der Waals surface area contributed by atoms with E-state index in [4.69, 9.17) is 0 Å². The number of carboxylic acids is 2. The third-order valence-corrected chi connectivity index (χ3v) is 6.45. The molecule has 0 unspecified atom stereocenters. The Morgan fingerprint density at radius 3 is 0.935 bits per heavy atom. The summed E-state index contributed by atoms with van der Waals surface area (Å²) in [6, 6.07) is 0. The molecular weight excluding hydrogens is 401 g/mol. The van der Waals surface area contributed by atoms with Crippen molar-refractivity contribution in [2.75, 3.05) is 0 Å². The molecule has 0 aliphatic carbocycles. The molecule has 0 amide bonds. The zero-order chi connectivity index (χ0) is 22.5. The van der Waals surface area contributed by atoms with E-state index in [1.807, 2.05) is 0 Å². The van der Waals surface area contributed by atoms with E-state index >= 15 is 0 Å². The number of hydrogen-bond acceptors (Lipinski definition) is 4. The minimum Gasteiger partial charge on any atom is -0.549 e. The summed E-state index contributed by atoms with van der Waals surface area (Å²) in [5, 5.41) is 23.4. The van der Waals surface area contributed by atoms with Crippen LogP contribution in [0, 0.1) is 5.41 Å². The molecule has 0 aromatic carbocycles. The smallest absolute Gasteiger partial charge is 0.549 e. The van der Waals surface area contributed by atoms with Crippen molar-refractivity contribution >= 4 is 35.0 Å². The average Bonchev–Trinajstić information content (AvgIpc) is 2.71. The van der Waals surface area contributed by atoms with Gasteiger partial charge in [0.05, 0.1) is 11.9 Å². The van der Waals surface area contributed by atoms with Crippen LogP contribution in [0.3, 0.4) is 0 Å². The molecule has 0 heterocycles. The number of aliphatic carboxylic acids is 2. The Labute approximate surface area is 208 Å². The molecule has 0 aromatic heterocycles. The Morgan fingerprint density at radius 1 is 0.484 bits per heavy atom. The van der Waals surface area contributed by atoms with Gasteiger partial charge in [-0.3, -0.25) is 0 Å². The number of carboxylic acid groups (broad SMARTS) is 2. The van der Waals surface area contributed by atoms with Crippen LogP contribution in [-0.4, -0.2) is 35.0 Å². The molecular formula is C26H48MgO4. The van der Waals surface area contributed by atoms with E-state index in [0.717, 1.165) is 38.5 Å². The van der Waals surface area contributed by atoms with E-state index < -0.39 is 17.4 Å². The summed E-state index contributed by atoms with van der Waals surface area (Å²) in [5.41, 5.74) is -1.80. The molecule has 0 fully saturated rings. The van der Waals surface area contributed by atoms with E-state index in [0.29, 0.717) is 12.8 Å². The summed E-state index contributed by atoms with van der Waals surface area (Å²) in [5.74, 6) is -2.92. The van der Waals surface area contributed by atoms with Crippen LogP contribution in [0.25, 0.3) is 0 Å². The largest absolute Gasteiger partial charge is 2.00 e. The third kappa shape index (κ3) is 16.9. The molecule has 0 bridgehead atoms. The van der Waals surface area contributed by atoms with Crippen molar-refractivity contribution in [2.45, 2.75) is 149 Å². The fourth-order valence-electron chi connectivity index (χ4n) is 4.27. The monoisotopic (exact) mass is 448 g/mol. The summed E-state index contributed by atoms with van der Waals surface area (Å²) in [4.78, 5) is 23.4. The molecule has 0 saturated heterocycles. The molecule has 0 radical (unpaired) electrons. The van der Waals surface area contributed by atoms with Gasteiger partial charge < -0.3 is 19.8 Å². The van der Waals surface area contributed by atoms with Gasteiger partial charge in [0.25, 0.3) is 0 Å². The summed E-state index contributed by atoms with van der Waals surface area (Å²) in [7, 11) is 0. The fraction of sp³-hybridized carbons (Fsp3) is 0.923. The zero-order valence-corrected chi connectivity index (χ0v) is 22.1. The second kappa shape index (κ2) is 22.9. The Balaban J connectivity index is 0. The first-order valence-corrected chi connectivity index (χ1v) is 12.9. The standard InChI is InChI=1S/C26H50O4.Mg/c1-3-5-7-9-11-13-15-17-19-21-23-26(24(27)28,25(29)30)22-20-18-16-14-12-10-8-6-4-2;/h3-23H2,1-2H3,(H,27,28)(H,29,30);/q;+2/p-2. The van der Waals surface area contributed by atoms with Crippen molar-refractivity contribution in [3.8, 4) is 0 Å². The maximum Gasteiger partial charge on any atom is 2.00 e. The first-order chi connectivity index (χ1) is 14.5. The van der Waals surface area contributed by atoms with Gasteiger partial charge in [-0.05, 0) is 12.8 Å². The van der Waals surface area contributed by atoms with E-state index in [-0.39, 0.29) is 35.9 Å². The molecule has 178 valence electrons. The van der Waals surface area contributed by atoms with Crippen molar-refractivity contribution in [3.05, 3.63) is 0 Å². The van der Waals surface area contributed by atoms with Crippen LogP contribution in [-0.2, 0) is 9.59 Å². The molecule has 0 atom stereocenters. The van der Waals surface area contributed by atoms with Crippen molar-refractivity contribution in [3.63, 3.8) is 0 Å². The van der Waals surface area contributed by atoms with E-state index in [9.17, 15) is 19.8 Å². The van der Waals surface area contributed by atoms with Gasteiger partial charge in [-0.15, -0.1) is 0 Å². The normalized spacial score (nSPS) is 11.3. The van der Waals surface area contributed by atoms with Gasteiger partial charge >= 0.3 is 23.1 Å². The molecule has 0 aromatic rings. The Kier molecular flexibility index (Phi) is 24.3. The molecule has 4 nitrogen and oxygen atoms in total. The third-order valence-electron chi connectivity index (χ3n) is 6.45. The van der Waals surface area contributed by atoms with Gasteiger partial charge in [0.15, 0.2) is 0 Å². The Morgan fingerprint density at radius 2 is 0.710 bits per heavy atom. The van der Waals surface area contributed by atoms with Crippen LogP contribution >= 0.6 is 0 Å². The summed E-state index contributed by atoms with van der Waals surface area (Å²) < 4.78 is 0. The van der Waals surface area contributed by atoms with Crippen molar-refractivity contribution in [2.24, 2.45) is 5.41 Å². The number of carbonyl (C=O) groups excluding carboxylic acids is 2. The van der Waals surface area contributed by atoms with E-state index in [1.54, 1.807) is 0 Å². The summed E-state index contributed by atoms with van der Waals surface area (Å²) in [6.07, 6.45) is 21.6. The van der Waals surface area contributed by atoms with Gasteiger partial charge in [-0.2, -0.15) is 0 Å². The molecule has 0 aliphatic heterocycles. The number of rotatable bonds is 23. The molecule has 31 heavy (non-hydrogen) atoms. The number of hydrogen-bond donors (Lipinski definition) is 0. The van der Waals surface area contributed by atoms with Crippen LogP contribution in [0.4, 0.5) is 0 Å². The summed E-state index contributed by atoms with van der Waals surface area (Å²) >= 11 is 0. The fourth-order valence-corrected chi connectivity index (χ4v) is 4.27. The van der Waals surface area contributed by atoms with Gasteiger partial charge in [0.2, 0.25) is 0 Å². The Hall–Kier alpha value is -0.294. The number of carbonyl (C=O) groups is 2. The Bertz CT molecular complexity index is 412. The number of unbranched alkanes of at least 4 members (excludes halogenated alkanes) is 17. The van der Waals surface area contributed by atoms with Gasteiger partial charge in [0.1, 0.15) is 0 Å². The topological polar surface area (TPSA) is 80.3 Å². The van der Waals surface area contributed by atoms with Crippen LogP contribution in [0.2, 0.25) is 0 Å². The molecule has 0 aliphatic rings. The van der Waals surface area contributed by atoms with Crippen molar-refractivity contribution < 1.29 is 19.8 Å². The average molecular weight is 449 g/mol. The first kappa shape index (κ1) is 32.9. The van der Waals surface area contributed by atoms with E-state index in [2.05, 4.69) is 13.8 Å². The minimum atomic E-state index is -1.80. The maximum absolute atomic E-state index is 11.7. The van der Waals surface area contributed by atoms with Crippen molar-refractivity contribution in [1.29, 1.82) is 0 Å². The van der Waals surface area contributed by atoms with Crippen molar-refractivity contribution in [1.82, 2.24) is 0 Å². The van der Waals surface area contributed by atoms with Crippen LogP contribution in [0.5, 0.6) is 0 Å². The molecule has 0 rings (SSSR count). The van der Waals surface area contributed by atoms with E-state index in [1.165, 1.54) is 70.6 Å². The zero-order valence-electron chi connectivity index (χ0n) is 20.7. The second-order valence-electron chi connectivity index (χ2n) is 9.17. The summed E-state index contributed by atoms with van der Waals surface area (Å²) in [6.45, 7) is 4.42. The van der Waals surface area contributed by atoms with Crippen LogP contribution in [0.15, 0.2) is 0 Å². The minimum absolute atomic E-state index is 0. The first-order valence-electron chi connectivity index (χ1n) is 12.9. The molecule has 0 saturated carbocycles. The molecule has 0 N–H and O–H groups in total. The van der Waals surface area contributed by atoms with Gasteiger partial charge in [0, 0.05) is 5.41 Å². The quantitative estimate of drug-likeness (QED) is 0.120. The van der Waals surface area contributed by atoms with Gasteiger partial charge in [-0.1, -0.05) is 136 Å².